The number of rotatable bonds is 8. The largest absolute Gasteiger partial charge is 0.487 e. The van der Waals surface area contributed by atoms with E-state index in [0.717, 1.165) is 6.54 Å². The number of ether oxygens (including phenoxy) is 1. The lowest BCUT2D eigenvalue weighted by Crippen LogP contribution is -2.55. The molecule has 1 aromatic carbocycles. The first-order chi connectivity index (χ1) is 11.7. The SMILES string of the molecule is CCN(C)C=Nc1cc(C)c(OCC(F)(F)C(F)(F)C(C)(F)F)cc1C. The topological polar surface area (TPSA) is 24.8 Å². The Kier molecular flexibility index (Phi) is 6.59. The minimum Gasteiger partial charge on any atom is -0.487 e. The van der Waals surface area contributed by atoms with Gasteiger partial charge in [0.15, 0.2) is 6.61 Å². The molecule has 26 heavy (non-hydrogen) atoms. The maximum absolute atomic E-state index is 13.6. The summed E-state index contributed by atoms with van der Waals surface area (Å²) in [6, 6.07) is 2.89. The van der Waals surface area contributed by atoms with Gasteiger partial charge in [-0.1, -0.05) is 0 Å². The van der Waals surface area contributed by atoms with E-state index in [2.05, 4.69) is 4.99 Å². The van der Waals surface area contributed by atoms with E-state index in [-0.39, 0.29) is 12.7 Å². The van der Waals surface area contributed by atoms with Crippen molar-refractivity contribution in [3.63, 3.8) is 0 Å². The molecule has 0 bridgehead atoms. The minimum absolute atomic E-state index is 0.0970. The molecule has 3 nitrogen and oxygen atoms in total. The Bertz CT molecular complexity index is 655. The molecule has 0 radical (unpaired) electrons. The number of aryl methyl sites for hydroxylation is 2. The fourth-order valence-corrected chi connectivity index (χ4v) is 1.89. The van der Waals surface area contributed by atoms with Gasteiger partial charge in [0.2, 0.25) is 0 Å². The van der Waals surface area contributed by atoms with Gasteiger partial charge >= 0.3 is 17.8 Å². The Morgan fingerprint density at radius 3 is 2.15 bits per heavy atom. The molecule has 0 aliphatic carbocycles. The van der Waals surface area contributed by atoms with E-state index >= 15 is 0 Å². The van der Waals surface area contributed by atoms with E-state index in [1.54, 1.807) is 13.3 Å². The Hall–Kier alpha value is -1.93. The molecular formula is C17H22F6N2O. The first-order valence-corrected chi connectivity index (χ1v) is 7.85. The smallest absolute Gasteiger partial charge is 0.375 e. The van der Waals surface area contributed by atoms with E-state index in [4.69, 9.17) is 4.74 Å². The van der Waals surface area contributed by atoms with E-state index in [1.165, 1.54) is 19.1 Å². The van der Waals surface area contributed by atoms with Gasteiger partial charge in [0.1, 0.15) is 5.75 Å². The van der Waals surface area contributed by atoms with Crippen LogP contribution in [0.1, 0.15) is 25.0 Å². The summed E-state index contributed by atoms with van der Waals surface area (Å²) in [5.74, 6) is -15.5. The van der Waals surface area contributed by atoms with Crippen LogP contribution in [-0.2, 0) is 0 Å². The first kappa shape index (κ1) is 22.1. The van der Waals surface area contributed by atoms with Crippen molar-refractivity contribution in [1.82, 2.24) is 4.90 Å². The van der Waals surface area contributed by atoms with Crippen molar-refractivity contribution in [3.8, 4) is 5.75 Å². The third-order valence-corrected chi connectivity index (χ3v) is 3.81. The van der Waals surface area contributed by atoms with Crippen LogP contribution in [0.3, 0.4) is 0 Å². The van der Waals surface area contributed by atoms with Gasteiger partial charge in [-0.2, -0.15) is 26.3 Å². The summed E-state index contributed by atoms with van der Waals surface area (Å²) in [6.07, 6.45) is 1.58. The third-order valence-electron chi connectivity index (χ3n) is 3.81. The van der Waals surface area contributed by atoms with Crippen LogP contribution in [0.4, 0.5) is 32.0 Å². The molecule has 1 aromatic rings. The van der Waals surface area contributed by atoms with Crippen LogP contribution in [0.25, 0.3) is 0 Å². The second-order valence-electron chi connectivity index (χ2n) is 6.18. The highest BCUT2D eigenvalue weighted by Gasteiger charge is 2.69. The fourth-order valence-electron chi connectivity index (χ4n) is 1.89. The maximum atomic E-state index is 13.6. The van der Waals surface area contributed by atoms with Crippen molar-refractivity contribution in [1.29, 1.82) is 0 Å². The standard InChI is InChI=1S/C17H22F6N2O/c1-6-25(5)10-24-13-7-12(3)14(8-11(13)2)26-9-16(20,21)17(22,23)15(4,18)19/h7-8,10H,6,9H2,1-5H3. The Morgan fingerprint density at radius 1 is 1.08 bits per heavy atom. The summed E-state index contributed by atoms with van der Waals surface area (Å²) in [7, 11) is 1.81. The molecule has 0 atom stereocenters. The number of hydrogen-bond acceptors (Lipinski definition) is 2. The van der Waals surface area contributed by atoms with Gasteiger partial charge in [-0.3, -0.25) is 0 Å². The molecule has 148 valence electrons. The molecule has 0 aromatic heterocycles. The molecule has 0 spiro atoms. The molecule has 0 N–H and O–H groups in total. The summed E-state index contributed by atoms with van der Waals surface area (Å²) >= 11 is 0. The van der Waals surface area contributed by atoms with Crippen LogP contribution < -0.4 is 4.74 Å². The number of hydrogen-bond donors (Lipinski definition) is 0. The van der Waals surface area contributed by atoms with Gasteiger partial charge in [0, 0.05) is 20.5 Å². The van der Waals surface area contributed by atoms with Crippen LogP contribution in [0.2, 0.25) is 0 Å². The normalized spacial score (nSPS) is 13.3. The third kappa shape index (κ3) is 4.82. The zero-order chi connectivity index (χ0) is 20.3. The van der Waals surface area contributed by atoms with Gasteiger partial charge in [-0.15, -0.1) is 0 Å². The molecule has 0 saturated heterocycles. The minimum atomic E-state index is -5.53. The molecule has 0 fully saturated rings. The van der Waals surface area contributed by atoms with E-state index in [0.29, 0.717) is 16.8 Å². The molecule has 0 unspecified atom stereocenters. The van der Waals surface area contributed by atoms with Crippen LogP contribution in [0, 0.1) is 13.8 Å². The molecule has 9 heteroatoms. The zero-order valence-electron chi connectivity index (χ0n) is 15.2. The van der Waals surface area contributed by atoms with Crippen LogP contribution in [0.5, 0.6) is 5.75 Å². The van der Waals surface area contributed by atoms with Crippen LogP contribution >= 0.6 is 0 Å². The zero-order valence-corrected chi connectivity index (χ0v) is 15.2. The fraction of sp³-hybridized carbons (Fsp3) is 0.588. The van der Waals surface area contributed by atoms with Gasteiger partial charge in [-0.05, 0) is 44.0 Å². The predicted molar refractivity (Wildman–Crippen MR) is 88.4 cm³/mol. The van der Waals surface area contributed by atoms with Gasteiger partial charge in [0.25, 0.3) is 0 Å². The van der Waals surface area contributed by atoms with Crippen LogP contribution in [0.15, 0.2) is 17.1 Å². The highest BCUT2D eigenvalue weighted by molar-refractivity contribution is 5.64. The summed E-state index contributed by atoms with van der Waals surface area (Å²) in [4.78, 5) is 6.05. The highest BCUT2D eigenvalue weighted by atomic mass is 19.3. The Morgan fingerprint density at radius 2 is 1.65 bits per heavy atom. The lowest BCUT2D eigenvalue weighted by atomic mass is 10.1. The molecule has 0 aliphatic heterocycles. The molecule has 0 heterocycles. The van der Waals surface area contributed by atoms with Gasteiger partial charge in [-0.25, -0.2) is 4.99 Å². The van der Waals surface area contributed by atoms with Crippen molar-refractivity contribution in [3.05, 3.63) is 23.3 Å². The summed E-state index contributed by atoms with van der Waals surface area (Å²) in [6.45, 7) is 3.69. The van der Waals surface area contributed by atoms with Crippen molar-refractivity contribution in [2.75, 3.05) is 20.2 Å². The Labute approximate surface area is 148 Å². The summed E-state index contributed by atoms with van der Waals surface area (Å²) in [5.41, 5.74) is 1.47. The number of halogens is 6. The summed E-state index contributed by atoms with van der Waals surface area (Å²) in [5, 5.41) is 0. The average Bonchev–Trinajstić information content (AvgIpc) is 2.52. The molecule has 1 rings (SSSR count). The molecular weight excluding hydrogens is 362 g/mol. The highest BCUT2D eigenvalue weighted by Crippen LogP contribution is 2.45. The van der Waals surface area contributed by atoms with E-state index < -0.39 is 24.4 Å². The van der Waals surface area contributed by atoms with Crippen molar-refractivity contribution in [2.24, 2.45) is 4.99 Å². The second-order valence-corrected chi connectivity index (χ2v) is 6.18. The average molecular weight is 384 g/mol. The predicted octanol–water partition coefficient (Wildman–Crippen LogP) is 5.22. The lowest BCUT2D eigenvalue weighted by molar-refractivity contribution is -0.308. The number of alkyl halides is 6. The van der Waals surface area contributed by atoms with E-state index in [9.17, 15) is 26.3 Å². The maximum Gasteiger partial charge on any atom is 0.375 e. The van der Waals surface area contributed by atoms with Gasteiger partial charge in [0.05, 0.1) is 12.0 Å². The second kappa shape index (κ2) is 7.75. The van der Waals surface area contributed by atoms with Crippen LogP contribution in [-0.4, -0.2) is 49.2 Å². The van der Waals surface area contributed by atoms with Crippen molar-refractivity contribution >= 4 is 12.0 Å². The van der Waals surface area contributed by atoms with Crippen molar-refractivity contribution in [2.45, 2.75) is 45.5 Å². The molecule has 0 amide bonds. The summed E-state index contributed by atoms with van der Waals surface area (Å²) < 4.78 is 84.0. The molecule has 0 aliphatic rings. The van der Waals surface area contributed by atoms with Crippen molar-refractivity contribution < 1.29 is 31.1 Å². The van der Waals surface area contributed by atoms with E-state index in [1.807, 2.05) is 18.9 Å². The first-order valence-electron chi connectivity index (χ1n) is 7.85. The quantitative estimate of drug-likeness (QED) is 0.349. The van der Waals surface area contributed by atoms with Gasteiger partial charge < -0.3 is 9.64 Å². The number of nitrogens with zero attached hydrogens (tertiary/aromatic N) is 2. The molecule has 0 saturated carbocycles. The Balaban J connectivity index is 2.99. The lowest BCUT2D eigenvalue weighted by Gasteiger charge is -2.30. The number of benzene rings is 1. The number of aliphatic imine (C=N–C) groups is 1. The monoisotopic (exact) mass is 384 g/mol.